The van der Waals surface area contributed by atoms with Gasteiger partial charge in [0.25, 0.3) is 0 Å². The summed E-state index contributed by atoms with van der Waals surface area (Å²) in [5.74, 6) is -0.216. The van der Waals surface area contributed by atoms with Gasteiger partial charge in [0, 0.05) is 6.54 Å². The Kier molecular flexibility index (Phi) is 7.13. The normalized spacial score (nSPS) is 10.4. The molecule has 0 saturated carbocycles. The number of benzene rings is 3. The molecule has 0 atom stereocenters. The van der Waals surface area contributed by atoms with Crippen molar-refractivity contribution in [2.24, 2.45) is 19.8 Å². The molecule has 0 bridgehead atoms. The molecular formula is C24H24FN3Pt. The van der Waals surface area contributed by atoms with Crippen LogP contribution in [0.1, 0.15) is 5.56 Å². The van der Waals surface area contributed by atoms with Gasteiger partial charge in [-0.1, -0.05) is 12.1 Å². The maximum atomic E-state index is 12.2. The first-order chi connectivity index (χ1) is 14.0. The molecule has 2 N–H and O–H groups in total. The van der Waals surface area contributed by atoms with E-state index < -0.39 is 0 Å². The van der Waals surface area contributed by atoms with Crippen LogP contribution < -0.4 is 5.73 Å². The summed E-state index contributed by atoms with van der Waals surface area (Å²) in [5.41, 5.74) is 11.2. The van der Waals surface area contributed by atoms with Crippen LogP contribution in [0.5, 0.6) is 0 Å². The predicted molar refractivity (Wildman–Crippen MR) is 113 cm³/mol. The first kappa shape index (κ1) is 21.2. The van der Waals surface area contributed by atoms with Crippen LogP contribution in [0, 0.1) is 9.62 Å². The van der Waals surface area contributed by atoms with Crippen molar-refractivity contribution in [3.63, 3.8) is 0 Å². The third-order valence-electron chi connectivity index (χ3n) is 4.65. The first-order valence-electron chi connectivity index (χ1n) is 9.29. The van der Waals surface area contributed by atoms with Gasteiger partial charge in [-0.2, -0.15) is 0 Å². The van der Waals surface area contributed by atoms with Gasteiger partial charge < -0.3 is 5.73 Å². The van der Waals surface area contributed by atoms with Crippen LogP contribution in [-0.2, 0) is 40.0 Å². The third-order valence-corrected chi connectivity index (χ3v) is 6.17. The Labute approximate surface area is 181 Å². The number of nitrogens with zero attached hydrogens (tertiary/aromatic N) is 2. The minimum absolute atomic E-state index is 0.216. The van der Waals surface area contributed by atoms with Crippen LogP contribution in [0.25, 0.3) is 22.5 Å². The molecule has 3 aromatic carbocycles. The number of nitrogens with two attached hydrogens (primary N) is 1. The molecule has 0 aliphatic heterocycles. The molecule has 0 spiro atoms. The number of aromatic nitrogens is 2. The van der Waals surface area contributed by atoms with E-state index in [4.69, 9.17) is 5.73 Å². The van der Waals surface area contributed by atoms with Gasteiger partial charge in [0.1, 0.15) is 5.82 Å². The molecule has 0 amide bonds. The minimum atomic E-state index is -0.216. The van der Waals surface area contributed by atoms with Crippen molar-refractivity contribution in [3.05, 3.63) is 100 Å². The van der Waals surface area contributed by atoms with Crippen LogP contribution in [0.2, 0.25) is 0 Å². The molecule has 1 aromatic heterocycles. The molecule has 4 rings (SSSR count). The number of rotatable bonds is 3. The second-order valence-corrected chi connectivity index (χ2v) is 7.64. The third kappa shape index (κ3) is 4.90. The van der Waals surface area contributed by atoms with E-state index in [0.717, 1.165) is 5.56 Å². The molecule has 0 fully saturated rings. The average molecular weight is 569 g/mol. The standard InChI is InChI=1S/C17H16N2.C7H8FN.Pt/c1-18-13-19(2)17(15-11-7-4-8-12-15)16(18)14-9-5-3-6-10-14;8-7-3-1-6(5-9)2-4-7;/h3-12H,1-2H3;1-4H,5,9H2;. The molecule has 3 nitrogen and oxygen atoms in total. The van der Waals surface area contributed by atoms with Crippen molar-refractivity contribution in [1.82, 2.24) is 9.13 Å². The second-order valence-electron chi connectivity index (χ2n) is 6.62. The van der Waals surface area contributed by atoms with Crippen molar-refractivity contribution >= 4 is 0 Å². The van der Waals surface area contributed by atoms with Gasteiger partial charge in [-0.25, -0.2) is 4.39 Å². The maximum absolute atomic E-state index is 12.2. The quantitative estimate of drug-likeness (QED) is 0.369. The summed E-state index contributed by atoms with van der Waals surface area (Å²) in [6, 6.07) is 27.3. The fourth-order valence-corrected chi connectivity index (χ4v) is 3.69. The monoisotopic (exact) mass is 568 g/mol. The molecule has 0 aliphatic rings. The fourth-order valence-electron chi connectivity index (χ4n) is 3.19. The zero-order valence-electron chi connectivity index (χ0n) is 16.5. The van der Waals surface area contributed by atoms with Crippen LogP contribution in [0.4, 0.5) is 4.39 Å². The largest absolute Gasteiger partial charge is 0.326 e. The van der Waals surface area contributed by atoms with Crippen LogP contribution in [0.3, 0.4) is 0 Å². The van der Waals surface area contributed by atoms with Crippen LogP contribution in [-0.4, -0.2) is 9.13 Å². The van der Waals surface area contributed by atoms with Gasteiger partial charge in [-0.3, -0.25) is 0 Å². The second kappa shape index (κ2) is 9.77. The molecule has 1 heterocycles. The Hall–Kier alpha value is -2.55. The summed E-state index contributed by atoms with van der Waals surface area (Å²) >= 11 is 2.38. The van der Waals surface area contributed by atoms with E-state index in [1.807, 2.05) is 0 Å². The van der Waals surface area contributed by atoms with Gasteiger partial charge in [0.2, 0.25) is 0 Å². The predicted octanol–water partition coefficient (Wildman–Crippen LogP) is 5.06. The molecule has 0 aliphatic carbocycles. The van der Waals surface area contributed by atoms with Crippen molar-refractivity contribution in [2.75, 3.05) is 0 Å². The topological polar surface area (TPSA) is 35.9 Å². The van der Waals surface area contributed by atoms with Gasteiger partial charge in [0.15, 0.2) is 0 Å². The Morgan fingerprint density at radius 2 is 1.14 bits per heavy atom. The summed E-state index contributed by atoms with van der Waals surface area (Å²) in [5, 5.41) is 0. The summed E-state index contributed by atoms with van der Waals surface area (Å²) in [4.78, 5) is 0. The average Bonchev–Trinajstić information content (AvgIpc) is 3.00. The summed E-state index contributed by atoms with van der Waals surface area (Å²) in [6.07, 6.45) is 0. The van der Waals surface area contributed by atoms with E-state index in [1.54, 1.807) is 12.1 Å². The number of halogens is 1. The number of hydrogen-bond acceptors (Lipinski definition) is 1. The van der Waals surface area contributed by atoms with Gasteiger partial charge >= 0.3 is 130 Å². The molecule has 0 radical (unpaired) electrons. The molecule has 5 heteroatoms. The van der Waals surface area contributed by atoms with E-state index in [-0.39, 0.29) is 5.82 Å². The smallest absolute Gasteiger partial charge is 0.123 e. The van der Waals surface area contributed by atoms with E-state index in [0.29, 0.717) is 6.54 Å². The minimum Gasteiger partial charge on any atom is -0.326 e. The Morgan fingerprint density at radius 1 is 0.724 bits per heavy atom. The van der Waals surface area contributed by atoms with Gasteiger partial charge in [0.05, 0.1) is 0 Å². The Bertz CT molecular complexity index is 1050. The molecule has 0 unspecified atom stereocenters. The zero-order valence-corrected chi connectivity index (χ0v) is 18.7. The van der Waals surface area contributed by atoms with Crippen LogP contribution >= 0.6 is 0 Å². The zero-order chi connectivity index (χ0) is 20.8. The number of imidazole rings is 1. The van der Waals surface area contributed by atoms with E-state index >= 15 is 0 Å². The van der Waals surface area contributed by atoms with Gasteiger partial charge in [-0.05, 0) is 17.7 Å². The summed E-state index contributed by atoms with van der Waals surface area (Å²) in [6.45, 7) is 0.472. The van der Waals surface area contributed by atoms with Gasteiger partial charge in [-0.15, -0.1) is 0 Å². The van der Waals surface area contributed by atoms with Crippen molar-refractivity contribution in [2.45, 2.75) is 6.54 Å². The summed E-state index contributed by atoms with van der Waals surface area (Å²) in [7, 11) is 4.24. The molecular weight excluding hydrogens is 544 g/mol. The molecule has 29 heavy (non-hydrogen) atoms. The Balaban J connectivity index is 0.000000224. The fraction of sp³-hybridized carbons (Fsp3) is 0.125. The van der Waals surface area contributed by atoms with E-state index in [2.05, 4.69) is 103 Å². The Morgan fingerprint density at radius 3 is 1.52 bits per heavy atom. The van der Waals surface area contributed by atoms with Crippen molar-refractivity contribution in [1.29, 1.82) is 0 Å². The van der Waals surface area contributed by atoms with Crippen molar-refractivity contribution < 1.29 is 23.7 Å². The molecule has 152 valence electrons. The van der Waals surface area contributed by atoms with Crippen molar-refractivity contribution in [3.8, 4) is 22.5 Å². The first-order valence-corrected chi connectivity index (χ1v) is 10.4. The molecule has 4 aromatic rings. The molecule has 0 saturated heterocycles. The van der Waals surface area contributed by atoms with E-state index in [9.17, 15) is 4.39 Å². The maximum Gasteiger partial charge on any atom is 0.123 e. The summed E-state index contributed by atoms with van der Waals surface area (Å²) < 4.78 is 17.9. The van der Waals surface area contributed by atoms with E-state index in [1.165, 1.54) is 38.5 Å². The number of hydrogen-bond donors (Lipinski definition) is 1. The van der Waals surface area contributed by atoms with Crippen LogP contribution in [0.15, 0.2) is 84.9 Å². The SMILES string of the molecule is Cn1c(-c2ccccc2)c(-c2ccccc2)n(C)[c]1=[Pt].NCc1ccc(F)cc1.